The zero-order valence-corrected chi connectivity index (χ0v) is 19.2. The minimum Gasteiger partial charge on any atom is -0.298 e. The fourth-order valence-electron chi connectivity index (χ4n) is 3.92. The van der Waals surface area contributed by atoms with Gasteiger partial charge in [0.05, 0.1) is 22.5 Å². The zero-order valence-electron chi connectivity index (χ0n) is 18.4. The summed E-state index contributed by atoms with van der Waals surface area (Å²) in [5, 5.41) is 5.48. The molecular weight excluding hydrogens is 452 g/mol. The summed E-state index contributed by atoms with van der Waals surface area (Å²) in [6.07, 6.45) is 0. The van der Waals surface area contributed by atoms with Crippen LogP contribution in [0, 0.1) is 25.5 Å². The highest BCUT2D eigenvalue weighted by Gasteiger charge is 2.17. The summed E-state index contributed by atoms with van der Waals surface area (Å²) in [5.41, 5.74) is 5.54. The Morgan fingerprint density at radius 2 is 1.68 bits per heavy atom. The molecule has 2 aromatic heterocycles. The molecule has 0 saturated carbocycles. The molecule has 0 bridgehead atoms. The first-order valence-electron chi connectivity index (χ1n) is 10.6. The second-order valence-electron chi connectivity index (χ2n) is 8.01. The van der Waals surface area contributed by atoms with Crippen LogP contribution in [0.15, 0.2) is 72.1 Å². The van der Waals surface area contributed by atoms with Gasteiger partial charge in [-0.05, 0) is 43.7 Å². The third-order valence-electron chi connectivity index (χ3n) is 5.55. The Kier molecular flexibility index (Phi) is 5.63. The van der Waals surface area contributed by atoms with Crippen LogP contribution >= 0.6 is 11.3 Å². The van der Waals surface area contributed by atoms with Gasteiger partial charge < -0.3 is 0 Å². The van der Waals surface area contributed by atoms with Crippen molar-refractivity contribution in [2.45, 2.75) is 13.8 Å². The minimum absolute atomic E-state index is 0.171. The number of hydrogen-bond acceptors (Lipinski definition) is 4. The Balaban J connectivity index is 1.52. The van der Waals surface area contributed by atoms with E-state index in [-0.39, 0.29) is 11.5 Å². The van der Waals surface area contributed by atoms with Gasteiger partial charge >= 0.3 is 0 Å². The maximum Gasteiger partial charge on any atom is 0.258 e. The van der Waals surface area contributed by atoms with Crippen LogP contribution in [0.2, 0.25) is 0 Å². The van der Waals surface area contributed by atoms with Crippen LogP contribution in [0.5, 0.6) is 0 Å². The SMILES string of the molecule is Cc1ccc(-c2cc(C(=O)Nc3nc(-c4ccc(F)cc4F)cs3)c3ccccc3n2)c(C)c1. The number of benzene rings is 3. The van der Waals surface area contributed by atoms with Crippen LogP contribution in [0.4, 0.5) is 13.9 Å². The van der Waals surface area contributed by atoms with E-state index in [0.717, 1.165) is 28.1 Å². The maximum absolute atomic E-state index is 14.1. The van der Waals surface area contributed by atoms with Crippen molar-refractivity contribution in [1.82, 2.24) is 9.97 Å². The number of carbonyl (C=O) groups excluding carboxylic acids is 1. The molecule has 0 fully saturated rings. The Morgan fingerprint density at radius 3 is 2.47 bits per heavy atom. The van der Waals surface area contributed by atoms with Crippen LogP contribution < -0.4 is 5.32 Å². The molecule has 0 saturated heterocycles. The van der Waals surface area contributed by atoms with Crippen molar-refractivity contribution >= 4 is 33.3 Å². The maximum atomic E-state index is 14.1. The number of halogens is 2. The highest BCUT2D eigenvalue weighted by atomic mass is 32.1. The number of thiazole rings is 1. The number of fused-ring (bicyclic) bond motifs is 1. The van der Waals surface area contributed by atoms with Crippen LogP contribution in [0.1, 0.15) is 21.5 Å². The number of amides is 1. The van der Waals surface area contributed by atoms with E-state index >= 15 is 0 Å². The number of pyridine rings is 1. The van der Waals surface area contributed by atoms with Crippen molar-refractivity contribution in [3.63, 3.8) is 0 Å². The molecule has 0 aliphatic rings. The molecule has 7 heteroatoms. The molecule has 0 atom stereocenters. The lowest BCUT2D eigenvalue weighted by molar-refractivity contribution is 0.102. The second-order valence-corrected chi connectivity index (χ2v) is 8.86. The van der Waals surface area contributed by atoms with Crippen molar-refractivity contribution < 1.29 is 13.6 Å². The van der Waals surface area contributed by atoms with Crippen molar-refractivity contribution in [1.29, 1.82) is 0 Å². The first kappa shape index (κ1) is 21.9. The fourth-order valence-corrected chi connectivity index (χ4v) is 4.62. The molecule has 1 N–H and O–H groups in total. The molecule has 5 rings (SSSR count). The molecule has 3 aromatic carbocycles. The molecule has 0 aliphatic heterocycles. The lowest BCUT2D eigenvalue weighted by Gasteiger charge is -2.11. The summed E-state index contributed by atoms with van der Waals surface area (Å²) in [7, 11) is 0. The van der Waals surface area contributed by atoms with Gasteiger partial charge in [-0.2, -0.15) is 0 Å². The standard InChI is InChI=1S/C27H19F2N3OS/c1-15-7-9-18(16(2)11-15)24-13-21(19-5-3-4-6-23(19)30-24)26(33)32-27-31-25(14-34-27)20-10-8-17(28)12-22(20)29/h3-14H,1-2H3,(H,31,32,33). The smallest absolute Gasteiger partial charge is 0.258 e. The Hall–Kier alpha value is -3.97. The van der Waals surface area contributed by atoms with Gasteiger partial charge in [0.2, 0.25) is 0 Å². The molecule has 168 valence electrons. The number of nitrogens with one attached hydrogen (secondary N) is 1. The van der Waals surface area contributed by atoms with Gasteiger partial charge in [-0.3, -0.25) is 10.1 Å². The van der Waals surface area contributed by atoms with Crippen LogP contribution in [-0.4, -0.2) is 15.9 Å². The Labute approximate surface area is 199 Å². The van der Waals surface area contributed by atoms with E-state index in [4.69, 9.17) is 4.98 Å². The summed E-state index contributed by atoms with van der Waals surface area (Å²) in [6, 6.07) is 18.7. The number of aryl methyl sites for hydroxylation is 2. The van der Waals surface area contributed by atoms with Crippen LogP contribution in [0.25, 0.3) is 33.4 Å². The first-order valence-corrected chi connectivity index (χ1v) is 11.5. The van der Waals surface area contributed by atoms with Gasteiger partial charge in [0.25, 0.3) is 5.91 Å². The number of nitrogens with zero attached hydrogens (tertiary/aromatic N) is 2. The summed E-state index contributed by atoms with van der Waals surface area (Å²) >= 11 is 1.17. The van der Waals surface area contributed by atoms with Crippen molar-refractivity contribution in [3.8, 4) is 22.5 Å². The van der Waals surface area contributed by atoms with E-state index < -0.39 is 11.6 Å². The van der Waals surface area contributed by atoms with Crippen LogP contribution in [-0.2, 0) is 0 Å². The fraction of sp³-hybridized carbons (Fsp3) is 0.0741. The van der Waals surface area contributed by atoms with E-state index in [1.807, 2.05) is 50.2 Å². The molecule has 5 aromatic rings. The molecule has 34 heavy (non-hydrogen) atoms. The Bertz CT molecular complexity index is 1560. The third kappa shape index (κ3) is 4.18. The molecule has 4 nitrogen and oxygen atoms in total. The van der Waals surface area contributed by atoms with E-state index in [1.54, 1.807) is 11.4 Å². The highest BCUT2D eigenvalue weighted by molar-refractivity contribution is 7.14. The average Bonchev–Trinajstić information content (AvgIpc) is 3.26. The monoisotopic (exact) mass is 471 g/mol. The van der Waals surface area contributed by atoms with Gasteiger partial charge in [0.1, 0.15) is 11.6 Å². The summed E-state index contributed by atoms with van der Waals surface area (Å²) in [5.74, 6) is -1.71. The van der Waals surface area contributed by atoms with E-state index in [9.17, 15) is 13.6 Å². The molecule has 2 heterocycles. The number of hydrogen-bond donors (Lipinski definition) is 1. The van der Waals surface area contributed by atoms with Gasteiger partial charge in [-0.1, -0.05) is 42.0 Å². The van der Waals surface area contributed by atoms with Gasteiger partial charge in [0, 0.05) is 28.0 Å². The number of aromatic nitrogens is 2. The normalized spacial score (nSPS) is 11.1. The number of carbonyl (C=O) groups is 1. The lowest BCUT2D eigenvalue weighted by atomic mass is 9.99. The van der Waals surface area contributed by atoms with Gasteiger partial charge in [-0.25, -0.2) is 18.7 Å². The second kappa shape index (κ2) is 8.76. The summed E-state index contributed by atoms with van der Waals surface area (Å²) in [4.78, 5) is 22.4. The van der Waals surface area contributed by atoms with Crippen LogP contribution in [0.3, 0.4) is 0 Å². The topological polar surface area (TPSA) is 54.9 Å². The molecular formula is C27H19F2N3OS. The number of anilines is 1. The molecule has 0 radical (unpaired) electrons. The first-order chi connectivity index (χ1) is 16.4. The van der Waals surface area contributed by atoms with Gasteiger partial charge in [0.15, 0.2) is 5.13 Å². The minimum atomic E-state index is -0.707. The number of rotatable bonds is 4. The molecule has 1 amide bonds. The Morgan fingerprint density at radius 1 is 0.882 bits per heavy atom. The van der Waals surface area contributed by atoms with E-state index in [2.05, 4.69) is 16.4 Å². The third-order valence-corrected chi connectivity index (χ3v) is 6.31. The van der Waals surface area contributed by atoms with E-state index in [0.29, 0.717) is 27.6 Å². The predicted molar refractivity (Wildman–Crippen MR) is 132 cm³/mol. The van der Waals surface area contributed by atoms with Crippen molar-refractivity contribution in [2.24, 2.45) is 0 Å². The lowest BCUT2D eigenvalue weighted by Crippen LogP contribution is -2.13. The molecule has 0 aliphatic carbocycles. The molecule has 0 unspecified atom stereocenters. The molecule has 0 spiro atoms. The van der Waals surface area contributed by atoms with Gasteiger partial charge in [-0.15, -0.1) is 11.3 Å². The average molecular weight is 472 g/mol. The predicted octanol–water partition coefficient (Wildman–Crippen LogP) is 7.17. The van der Waals surface area contributed by atoms with Crippen molar-refractivity contribution in [3.05, 3.63) is 100 Å². The quantitative estimate of drug-likeness (QED) is 0.302. The number of para-hydroxylation sites is 1. The zero-order chi connectivity index (χ0) is 23.8. The van der Waals surface area contributed by atoms with Crippen molar-refractivity contribution in [2.75, 3.05) is 5.32 Å². The summed E-state index contributed by atoms with van der Waals surface area (Å²) < 4.78 is 27.4. The highest BCUT2D eigenvalue weighted by Crippen LogP contribution is 2.30. The largest absolute Gasteiger partial charge is 0.298 e. The van der Waals surface area contributed by atoms with E-state index in [1.165, 1.54) is 23.5 Å². The summed E-state index contributed by atoms with van der Waals surface area (Å²) in [6.45, 7) is 4.05.